The van der Waals surface area contributed by atoms with E-state index in [0.29, 0.717) is 24.8 Å². The van der Waals surface area contributed by atoms with Crippen molar-refractivity contribution in [3.63, 3.8) is 0 Å². The number of fused-ring (bicyclic) bond motifs is 1. The molecule has 0 saturated carbocycles. The third kappa shape index (κ3) is 4.04. The topological polar surface area (TPSA) is 60.5 Å². The summed E-state index contributed by atoms with van der Waals surface area (Å²) >= 11 is 0. The van der Waals surface area contributed by atoms with E-state index in [9.17, 15) is 4.79 Å². The number of benzene rings is 1. The Morgan fingerprint density at radius 3 is 3.04 bits per heavy atom. The number of nitrogens with one attached hydrogen (secondary N) is 1. The zero-order valence-electron chi connectivity index (χ0n) is 13.8. The molecule has 3 rings (SSSR count). The average molecular weight is 326 g/mol. The van der Waals surface area contributed by atoms with Gasteiger partial charge in [0, 0.05) is 11.6 Å². The van der Waals surface area contributed by atoms with E-state index in [1.807, 2.05) is 43.3 Å². The lowest BCUT2D eigenvalue weighted by molar-refractivity contribution is -0.121. The predicted molar refractivity (Wildman–Crippen MR) is 91.2 cm³/mol. The van der Waals surface area contributed by atoms with Gasteiger partial charge >= 0.3 is 0 Å². The third-order valence-corrected chi connectivity index (χ3v) is 3.94. The van der Waals surface area contributed by atoms with Gasteiger partial charge in [0.05, 0.1) is 31.4 Å². The Bertz CT molecular complexity index is 703. The van der Waals surface area contributed by atoms with Crippen LogP contribution in [0.4, 0.5) is 0 Å². The van der Waals surface area contributed by atoms with Crippen molar-refractivity contribution in [3.8, 4) is 11.6 Å². The van der Waals surface area contributed by atoms with Crippen LogP contribution in [0.25, 0.3) is 0 Å². The van der Waals surface area contributed by atoms with E-state index in [1.165, 1.54) is 0 Å². The maximum Gasteiger partial charge on any atom is 0.226 e. The Hall–Kier alpha value is -2.56. The van der Waals surface area contributed by atoms with Crippen molar-refractivity contribution in [2.45, 2.75) is 32.2 Å². The number of nitrogens with zero attached hydrogens (tertiary/aromatic N) is 1. The zero-order chi connectivity index (χ0) is 16.8. The molecule has 0 aliphatic carbocycles. The molecule has 126 valence electrons. The first-order chi connectivity index (χ1) is 11.8. The summed E-state index contributed by atoms with van der Waals surface area (Å²) in [4.78, 5) is 16.8. The van der Waals surface area contributed by atoms with Crippen LogP contribution in [0.3, 0.4) is 0 Å². The lowest BCUT2D eigenvalue weighted by Gasteiger charge is -2.18. The normalized spacial score (nSPS) is 16.5. The minimum atomic E-state index is -0.0437. The minimum absolute atomic E-state index is 0.0220. The van der Waals surface area contributed by atoms with Crippen LogP contribution in [0.5, 0.6) is 11.6 Å². The summed E-state index contributed by atoms with van der Waals surface area (Å²) in [6.07, 6.45) is 2.02. The lowest BCUT2D eigenvalue weighted by atomic mass is 10.0. The predicted octanol–water partition coefficient (Wildman–Crippen LogP) is 3.05. The van der Waals surface area contributed by atoms with Gasteiger partial charge in [-0.3, -0.25) is 4.79 Å². The van der Waals surface area contributed by atoms with Crippen LogP contribution in [-0.2, 0) is 11.2 Å². The third-order valence-electron chi connectivity index (χ3n) is 3.94. The molecule has 2 aromatic rings. The summed E-state index contributed by atoms with van der Waals surface area (Å²) in [5, 5.41) is 3.12. The molecule has 1 atom stereocenters. The lowest BCUT2D eigenvalue weighted by Crippen LogP contribution is -2.30. The van der Waals surface area contributed by atoms with Gasteiger partial charge in [-0.15, -0.1) is 0 Å². The number of aromatic nitrogens is 1. The summed E-state index contributed by atoms with van der Waals surface area (Å²) in [5.41, 5.74) is 1.75. The second kappa shape index (κ2) is 7.81. The highest BCUT2D eigenvalue weighted by atomic mass is 16.5. The molecule has 0 fully saturated rings. The molecule has 0 radical (unpaired) electrons. The number of carbonyl (C=O) groups excluding carboxylic acids is 1. The number of hydrogen-bond acceptors (Lipinski definition) is 4. The van der Waals surface area contributed by atoms with E-state index in [1.54, 1.807) is 6.07 Å². The van der Waals surface area contributed by atoms with Crippen molar-refractivity contribution < 1.29 is 14.3 Å². The first-order valence-electron chi connectivity index (χ1n) is 8.36. The number of para-hydroxylation sites is 1. The van der Waals surface area contributed by atoms with E-state index >= 15 is 0 Å². The smallest absolute Gasteiger partial charge is 0.226 e. The summed E-state index contributed by atoms with van der Waals surface area (Å²) in [6.45, 7) is 3.15. The molecule has 5 heteroatoms. The molecule has 1 aliphatic rings. The second-order valence-corrected chi connectivity index (χ2v) is 5.73. The molecule has 1 N–H and O–H groups in total. The minimum Gasteiger partial charge on any atom is -0.493 e. The summed E-state index contributed by atoms with van der Waals surface area (Å²) in [6, 6.07) is 13.4. The number of hydrogen-bond donors (Lipinski definition) is 1. The average Bonchev–Trinajstić information content (AvgIpc) is 2.78. The Kier molecular flexibility index (Phi) is 5.31. The highest BCUT2D eigenvalue weighted by molar-refractivity contribution is 5.78. The zero-order valence-corrected chi connectivity index (χ0v) is 13.8. The summed E-state index contributed by atoms with van der Waals surface area (Å²) < 4.78 is 11.1. The van der Waals surface area contributed by atoms with Crippen LogP contribution in [-0.4, -0.2) is 24.1 Å². The molecule has 5 nitrogen and oxygen atoms in total. The molecule has 1 amide bonds. The van der Waals surface area contributed by atoms with Crippen LogP contribution >= 0.6 is 0 Å². The Balaban J connectivity index is 1.67. The fourth-order valence-corrected chi connectivity index (χ4v) is 2.87. The molecule has 0 spiro atoms. The standard InChI is InChI=1S/C19H22N2O3/c1-2-23-19-11-5-7-14(20-19)13-18(22)21-16-9-6-12-24-17-10-4-3-8-15(16)17/h3-5,7-8,10-11,16H,2,6,9,12-13H2,1H3,(H,21,22). The molecule has 24 heavy (non-hydrogen) atoms. The molecular formula is C19H22N2O3. The molecule has 1 aromatic carbocycles. The van der Waals surface area contributed by atoms with Gasteiger partial charge < -0.3 is 14.8 Å². The number of rotatable bonds is 5. The van der Waals surface area contributed by atoms with Gasteiger partial charge in [0.25, 0.3) is 0 Å². The summed E-state index contributed by atoms with van der Waals surface area (Å²) in [7, 11) is 0. The molecule has 1 aliphatic heterocycles. The Morgan fingerprint density at radius 1 is 1.29 bits per heavy atom. The van der Waals surface area contributed by atoms with E-state index in [4.69, 9.17) is 9.47 Å². The van der Waals surface area contributed by atoms with Gasteiger partial charge in [0.15, 0.2) is 0 Å². The molecule has 0 bridgehead atoms. The number of carbonyl (C=O) groups is 1. The van der Waals surface area contributed by atoms with Crippen LogP contribution in [0.1, 0.15) is 37.1 Å². The second-order valence-electron chi connectivity index (χ2n) is 5.73. The van der Waals surface area contributed by atoms with E-state index < -0.39 is 0 Å². The molecule has 1 aromatic heterocycles. The van der Waals surface area contributed by atoms with Crippen LogP contribution in [0.2, 0.25) is 0 Å². The Labute approximate surface area is 142 Å². The van der Waals surface area contributed by atoms with Crippen LogP contribution in [0.15, 0.2) is 42.5 Å². The van der Waals surface area contributed by atoms with E-state index in [0.717, 1.165) is 24.2 Å². The molecule has 2 heterocycles. The SMILES string of the molecule is CCOc1cccc(CC(=O)NC2CCCOc3ccccc32)n1. The highest BCUT2D eigenvalue weighted by Gasteiger charge is 2.21. The molecule has 0 saturated heterocycles. The first kappa shape index (κ1) is 16.3. The van der Waals surface area contributed by atoms with Gasteiger partial charge in [-0.2, -0.15) is 0 Å². The molecule has 1 unspecified atom stereocenters. The molecular weight excluding hydrogens is 304 g/mol. The summed E-state index contributed by atoms with van der Waals surface area (Å²) in [5.74, 6) is 1.37. The Morgan fingerprint density at radius 2 is 2.17 bits per heavy atom. The quantitative estimate of drug-likeness (QED) is 0.917. The van der Waals surface area contributed by atoms with Gasteiger partial charge in [0.1, 0.15) is 5.75 Å². The maximum absolute atomic E-state index is 12.4. The van der Waals surface area contributed by atoms with Crippen molar-refractivity contribution in [2.24, 2.45) is 0 Å². The number of ether oxygens (including phenoxy) is 2. The fourth-order valence-electron chi connectivity index (χ4n) is 2.87. The van der Waals surface area contributed by atoms with Crippen molar-refractivity contribution in [2.75, 3.05) is 13.2 Å². The van der Waals surface area contributed by atoms with E-state index in [-0.39, 0.29) is 18.4 Å². The number of pyridine rings is 1. The van der Waals surface area contributed by atoms with Crippen LogP contribution in [0, 0.1) is 0 Å². The van der Waals surface area contributed by atoms with Crippen molar-refractivity contribution in [1.82, 2.24) is 10.3 Å². The van der Waals surface area contributed by atoms with E-state index in [2.05, 4.69) is 10.3 Å². The van der Waals surface area contributed by atoms with Gasteiger partial charge in [-0.25, -0.2) is 4.98 Å². The maximum atomic E-state index is 12.4. The highest BCUT2D eigenvalue weighted by Crippen LogP contribution is 2.31. The van der Waals surface area contributed by atoms with Gasteiger partial charge in [0.2, 0.25) is 11.8 Å². The fraction of sp³-hybridized carbons (Fsp3) is 0.368. The van der Waals surface area contributed by atoms with Crippen molar-refractivity contribution >= 4 is 5.91 Å². The van der Waals surface area contributed by atoms with Crippen molar-refractivity contribution in [3.05, 3.63) is 53.7 Å². The number of amides is 1. The van der Waals surface area contributed by atoms with Gasteiger partial charge in [-0.05, 0) is 31.9 Å². The largest absolute Gasteiger partial charge is 0.493 e. The van der Waals surface area contributed by atoms with Crippen molar-refractivity contribution in [1.29, 1.82) is 0 Å². The van der Waals surface area contributed by atoms with Gasteiger partial charge in [-0.1, -0.05) is 24.3 Å². The monoisotopic (exact) mass is 326 g/mol. The first-order valence-corrected chi connectivity index (χ1v) is 8.36. The van der Waals surface area contributed by atoms with Crippen LogP contribution < -0.4 is 14.8 Å².